The van der Waals surface area contributed by atoms with Crippen LogP contribution in [0.4, 0.5) is 0 Å². The fourth-order valence-corrected chi connectivity index (χ4v) is 3.94. The molecule has 0 spiro atoms. The van der Waals surface area contributed by atoms with Crippen LogP contribution < -0.4 is 4.74 Å². The Hall–Kier alpha value is -2.84. The maximum atomic E-state index is 6.01. The summed E-state index contributed by atoms with van der Waals surface area (Å²) >= 11 is 7.52. The first kappa shape index (κ1) is 20.4. The van der Waals surface area contributed by atoms with Gasteiger partial charge in [-0.3, -0.25) is 0 Å². The summed E-state index contributed by atoms with van der Waals surface area (Å²) in [7, 11) is 1.62. The van der Waals surface area contributed by atoms with E-state index in [9.17, 15) is 0 Å². The molecule has 0 N–H and O–H groups in total. The molecule has 4 rings (SSSR count). The van der Waals surface area contributed by atoms with E-state index < -0.39 is 0 Å². The Labute approximate surface area is 183 Å². The Bertz CT molecular complexity index is 1130. The molecule has 0 aliphatic carbocycles. The summed E-state index contributed by atoms with van der Waals surface area (Å²) in [5, 5.41) is 14.4. The highest BCUT2D eigenvalue weighted by Crippen LogP contribution is 2.30. The summed E-state index contributed by atoms with van der Waals surface area (Å²) in [5.41, 5.74) is 1.77. The topological polar surface area (TPSA) is 78.9 Å². The molecule has 0 amide bonds. The Kier molecular flexibility index (Phi) is 6.35. The highest BCUT2D eigenvalue weighted by Gasteiger charge is 2.17. The van der Waals surface area contributed by atoms with Crippen molar-refractivity contribution >= 4 is 23.4 Å². The van der Waals surface area contributed by atoms with Crippen LogP contribution in [0, 0.1) is 0 Å². The van der Waals surface area contributed by atoms with Gasteiger partial charge in [0.1, 0.15) is 5.75 Å². The molecule has 7 nitrogen and oxygen atoms in total. The Morgan fingerprint density at radius 1 is 1.10 bits per heavy atom. The summed E-state index contributed by atoms with van der Waals surface area (Å²) in [5.74, 6) is 3.02. The van der Waals surface area contributed by atoms with Gasteiger partial charge in [-0.25, -0.2) is 0 Å². The molecule has 2 heterocycles. The minimum Gasteiger partial charge on any atom is -0.496 e. The van der Waals surface area contributed by atoms with Gasteiger partial charge < -0.3 is 13.8 Å². The second-order valence-corrected chi connectivity index (χ2v) is 7.84. The van der Waals surface area contributed by atoms with Crippen LogP contribution in [0.25, 0.3) is 22.8 Å². The van der Waals surface area contributed by atoms with Gasteiger partial charge in [0, 0.05) is 17.1 Å². The lowest BCUT2D eigenvalue weighted by Crippen LogP contribution is -2.02. The predicted molar refractivity (Wildman–Crippen MR) is 117 cm³/mol. The molecule has 0 fully saturated rings. The van der Waals surface area contributed by atoms with Gasteiger partial charge in [0.15, 0.2) is 11.0 Å². The molecule has 4 aromatic rings. The molecule has 0 saturated carbocycles. The van der Waals surface area contributed by atoms with Gasteiger partial charge in [0.25, 0.3) is 0 Å². The van der Waals surface area contributed by atoms with E-state index in [4.69, 9.17) is 20.9 Å². The molecule has 0 aliphatic rings. The molecule has 0 radical (unpaired) electrons. The number of ether oxygens (including phenoxy) is 1. The Morgan fingerprint density at radius 3 is 2.67 bits per heavy atom. The smallest absolute Gasteiger partial charge is 0.237 e. The summed E-state index contributed by atoms with van der Waals surface area (Å²) < 4.78 is 12.9. The normalized spacial score (nSPS) is 11.0. The van der Waals surface area contributed by atoms with Crippen molar-refractivity contribution in [3.8, 4) is 28.5 Å². The number of aromatic nitrogens is 5. The first-order valence-electron chi connectivity index (χ1n) is 9.47. The lowest BCUT2D eigenvalue weighted by Gasteiger charge is -2.08. The zero-order valence-corrected chi connectivity index (χ0v) is 18.2. The monoisotopic (exact) mass is 441 g/mol. The van der Waals surface area contributed by atoms with Crippen LogP contribution in [0.2, 0.25) is 5.02 Å². The third-order valence-electron chi connectivity index (χ3n) is 4.41. The summed E-state index contributed by atoms with van der Waals surface area (Å²) in [6.45, 7) is 2.93. The summed E-state index contributed by atoms with van der Waals surface area (Å²) in [4.78, 5) is 4.50. The largest absolute Gasteiger partial charge is 0.496 e. The van der Waals surface area contributed by atoms with E-state index >= 15 is 0 Å². The van der Waals surface area contributed by atoms with Crippen molar-refractivity contribution < 1.29 is 9.26 Å². The maximum Gasteiger partial charge on any atom is 0.237 e. The van der Waals surface area contributed by atoms with Crippen LogP contribution in [0.15, 0.2) is 58.2 Å². The summed E-state index contributed by atoms with van der Waals surface area (Å²) in [6.07, 6.45) is 0.963. The molecule has 0 unspecified atom stereocenters. The van der Waals surface area contributed by atoms with Gasteiger partial charge in [0.2, 0.25) is 11.7 Å². The van der Waals surface area contributed by atoms with Crippen molar-refractivity contribution in [2.24, 2.45) is 0 Å². The highest BCUT2D eigenvalue weighted by molar-refractivity contribution is 7.98. The number of nitrogens with zero attached hydrogens (tertiary/aromatic N) is 5. The van der Waals surface area contributed by atoms with Gasteiger partial charge in [-0.05, 0) is 42.8 Å². The molecular formula is C21H20ClN5O2S. The standard InChI is InChI=1S/C21H20ClN5O2S/c1-3-12-27-20(14-8-10-15(22)11-9-14)24-25-21(27)30-13-18-23-19(26-29-18)16-6-4-5-7-17(16)28-2/h4-11H,3,12-13H2,1-2H3. The molecule has 0 saturated heterocycles. The Morgan fingerprint density at radius 2 is 1.90 bits per heavy atom. The van der Waals surface area contributed by atoms with Crippen molar-refractivity contribution in [1.29, 1.82) is 0 Å². The van der Waals surface area contributed by atoms with Gasteiger partial charge in [-0.1, -0.05) is 47.6 Å². The minimum atomic E-state index is 0.491. The van der Waals surface area contributed by atoms with Crippen molar-refractivity contribution in [3.63, 3.8) is 0 Å². The second-order valence-electron chi connectivity index (χ2n) is 6.47. The quantitative estimate of drug-likeness (QED) is 0.340. The second kappa shape index (κ2) is 9.32. The van der Waals surface area contributed by atoms with Gasteiger partial charge in [-0.2, -0.15) is 4.98 Å². The lowest BCUT2D eigenvalue weighted by atomic mass is 10.2. The van der Waals surface area contributed by atoms with Crippen molar-refractivity contribution in [3.05, 3.63) is 59.4 Å². The average molecular weight is 442 g/mol. The molecule has 154 valence electrons. The number of benzene rings is 2. The third kappa shape index (κ3) is 4.34. The van der Waals surface area contributed by atoms with Crippen molar-refractivity contribution in [2.45, 2.75) is 30.8 Å². The number of thioether (sulfide) groups is 1. The molecule has 0 aliphatic heterocycles. The third-order valence-corrected chi connectivity index (χ3v) is 5.61. The van der Waals surface area contributed by atoms with Crippen LogP contribution in [-0.2, 0) is 12.3 Å². The van der Waals surface area contributed by atoms with Crippen LogP contribution in [-0.4, -0.2) is 32.0 Å². The molecule has 0 bridgehead atoms. The fraction of sp³-hybridized carbons (Fsp3) is 0.238. The highest BCUT2D eigenvalue weighted by atomic mass is 35.5. The molecule has 2 aromatic carbocycles. The number of para-hydroxylation sites is 1. The number of hydrogen-bond acceptors (Lipinski definition) is 7. The average Bonchev–Trinajstić information content (AvgIpc) is 3.40. The van der Waals surface area contributed by atoms with E-state index in [0.717, 1.165) is 35.1 Å². The lowest BCUT2D eigenvalue weighted by molar-refractivity contribution is 0.390. The molecule has 2 aromatic heterocycles. The molecule has 0 atom stereocenters. The first-order valence-corrected chi connectivity index (χ1v) is 10.8. The SMILES string of the molecule is CCCn1c(SCc2nc(-c3ccccc3OC)no2)nnc1-c1ccc(Cl)cc1. The first-order chi connectivity index (χ1) is 14.7. The van der Waals surface area contributed by atoms with Crippen molar-refractivity contribution in [2.75, 3.05) is 7.11 Å². The van der Waals surface area contributed by atoms with Crippen LogP contribution in [0.5, 0.6) is 5.75 Å². The number of methoxy groups -OCH3 is 1. The van der Waals surface area contributed by atoms with Crippen molar-refractivity contribution in [1.82, 2.24) is 24.9 Å². The molecule has 30 heavy (non-hydrogen) atoms. The van der Waals surface area contributed by atoms with E-state index in [0.29, 0.717) is 28.2 Å². The van der Waals surface area contributed by atoms with Gasteiger partial charge >= 0.3 is 0 Å². The zero-order chi connectivity index (χ0) is 20.9. The van der Waals surface area contributed by atoms with Crippen LogP contribution >= 0.6 is 23.4 Å². The van der Waals surface area contributed by atoms with Crippen LogP contribution in [0.3, 0.4) is 0 Å². The zero-order valence-electron chi connectivity index (χ0n) is 16.6. The predicted octanol–water partition coefficient (Wildman–Crippen LogP) is 5.36. The minimum absolute atomic E-state index is 0.491. The molecule has 9 heteroatoms. The number of rotatable bonds is 8. The van der Waals surface area contributed by atoms with E-state index in [1.54, 1.807) is 7.11 Å². The van der Waals surface area contributed by atoms with Crippen LogP contribution in [0.1, 0.15) is 19.2 Å². The van der Waals surface area contributed by atoms with Gasteiger partial charge in [-0.15, -0.1) is 10.2 Å². The molecular weight excluding hydrogens is 422 g/mol. The number of halogens is 1. The maximum absolute atomic E-state index is 6.01. The Balaban J connectivity index is 1.53. The van der Waals surface area contributed by atoms with E-state index in [-0.39, 0.29) is 0 Å². The van der Waals surface area contributed by atoms with E-state index in [2.05, 4.69) is 31.8 Å². The van der Waals surface area contributed by atoms with E-state index in [1.807, 2.05) is 48.5 Å². The summed E-state index contributed by atoms with van der Waals surface area (Å²) in [6, 6.07) is 15.2. The van der Waals surface area contributed by atoms with E-state index in [1.165, 1.54) is 11.8 Å². The number of hydrogen-bond donors (Lipinski definition) is 0. The van der Waals surface area contributed by atoms with Gasteiger partial charge in [0.05, 0.1) is 18.4 Å². The fourth-order valence-electron chi connectivity index (χ4n) is 3.01.